The van der Waals surface area contributed by atoms with E-state index in [0.29, 0.717) is 13.1 Å². The van der Waals surface area contributed by atoms with E-state index in [0.717, 1.165) is 18.3 Å². The van der Waals surface area contributed by atoms with Gasteiger partial charge in [0, 0.05) is 24.4 Å². The van der Waals surface area contributed by atoms with Crippen LogP contribution < -0.4 is 15.5 Å². The van der Waals surface area contributed by atoms with E-state index in [1.165, 1.54) is 0 Å². The van der Waals surface area contributed by atoms with Gasteiger partial charge in [0.05, 0.1) is 17.7 Å². The summed E-state index contributed by atoms with van der Waals surface area (Å²) in [7, 11) is -0.544. The molecule has 2 amide bonds. The van der Waals surface area contributed by atoms with E-state index in [9.17, 15) is 9.59 Å². The number of aromatic nitrogens is 2. The van der Waals surface area contributed by atoms with Gasteiger partial charge in [0.1, 0.15) is 17.7 Å². The van der Waals surface area contributed by atoms with E-state index in [4.69, 9.17) is 18.8 Å². The zero-order valence-corrected chi connectivity index (χ0v) is 23.1. The van der Waals surface area contributed by atoms with Crippen molar-refractivity contribution in [3.8, 4) is 6.01 Å². The van der Waals surface area contributed by atoms with Crippen molar-refractivity contribution in [1.29, 1.82) is 0 Å². The third-order valence-electron chi connectivity index (χ3n) is 6.74. The first-order chi connectivity index (χ1) is 16.6. The molecule has 1 aromatic heterocycles. The van der Waals surface area contributed by atoms with E-state index in [1.807, 2.05) is 41.5 Å². The molecule has 3 rings (SSSR count). The molecule has 0 unspecified atom stereocenters. The van der Waals surface area contributed by atoms with E-state index >= 15 is 0 Å². The van der Waals surface area contributed by atoms with E-state index in [2.05, 4.69) is 15.3 Å². The molecule has 11 heteroatoms. The van der Waals surface area contributed by atoms with Gasteiger partial charge in [-0.05, 0) is 67.2 Å². The number of rotatable bonds is 6. The number of ether oxygens (including phenoxy) is 2. The van der Waals surface area contributed by atoms with Crippen LogP contribution in [0.15, 0.2) is 12.4 Å². The maximum atomic E-state index is 13.3. The molecule has 1 N–H and O–H groups in total. The summed E-state index contributed by atoms with van der Waals surface area (Å²) in [6.45, 7) is 18.1. The van der Waals surface area contributed by atoms with Gasteiger partial charge in [-0.25, -0.2) is 14.8 Å². The second-order valence-electron chi connectivity index (χ2n) is 11.9. The summed E-state index contributed by atoms with van der Waals surface area (Å²) in [5.41, 5.74) is -0.820. The number of nitrogens with zero attached hydrogens (tertiary/aromatic N) is 3. The zero-order valence-electron chi connectivity index (χ0n) is 23.1. The number of nitrogens with one attached hydrogen (secondary N) is 1. The van der Waals surface area contributed by atoms with Gasteiger partial charge in [0.15, 0.2) is 0 Å². The molecule has 0 spiro atoms. The second kappa shape index (κ2) is 10.5. The van der Waals surface area contributed by atoms with Gasteiger partial charge < -0.3 is 29.0 Å². The number of amides is 2. The first-order valence-corrected chi connectivity index (χ1v) is 12.7. The highest BCUT2D eigenvalue weighted by molar-refractivity contribution is 6.61. The van der Waals surface area contributed by atoms with Crippen LogP contribution in [-0.2, 0) is 18.8 Å². The lowest BCUT2D eigenvalue weighted by Gasteiger charge is -2.35. The second-order valence-corrected chi connectivity index (χ2v) is 11.9. The minimum atomic E-state index is -0.686. The number of likely N-dealkylation sites (tertiary alicyclic amines) is 1. The molecule has 2 aliphatic heterocycles. The molecule has 1 aromatic rings. The van der Waals surface area contributed by atoms with Crippen molar-refractivity contribution in [3.05, 3.63) is 12.4 Å². The molecule has 0 bridgehead atoms. The van der Waals surface area contributed by atoms with Crippen molar-refractivity contribution < 1.29 is 28.4 Å². The Balaban J connectivity index is 1.59. The van der Waals surface area contributed by atoms with Gasteiger partial charge in [-0.15, -0.1) is 0 Å². The summed E-state index contributed by atoms with van der Waals surface area (Å²) in [6, 6.07) is -0.448. The van der Waals surface area contributed by atoms with Crippen molar-refractivity contribution in [2.75, 3.05) is 13.1 Å². The smallest absolute Gasteiger partial charge is 0.458 e. The molecule has 2 atom stereocenters. The summed E-state index contributed by atoms with van der Waals surface area (Å²) < 4.78 is 23.5. The van der Waals surface area contributed by atoms with Crippen LogP contribution in [0.1, 0.15) is 75.2 Å². The number of hydrogen-bond donors (Lipinski definition) is 1. The zero-order chi connectivity index (χ0) is 26.9. The molecule has 0 radical (unpaired) electrons. The van der Waals surface area contributed by atoms with Crippen molar-refractivity contribution in [2.45, 2.75) is 104 Å². The molecule has 200 valence electrons. The normalized spacial score (nSPS) is 22.3. The molecule has 0 saturated carbocycles. The molecular formula is C25H41BN4O6. The lowest BCUT2D eigenvalue weighted by Crippen LogP contribution is -2.55. The Morgan fingerprint density at radius 1 is 1.14 bits per heavy atom. The topological polar surface area (TPSA) is 112 Å². The molecule has 0 aromatic carbocycles. The fourth-order valence-corrected chi connectivity index (χ4v) is 4.02. The van der Waals surface area contributed by atoms with Gasteiger partial charge in [-0.3, -0.25) is 4.79 Å². The Kier molecular flexibility index (Phi) is 8.25. The predicted octanol–water partition coefficient (Wildman–Crippen LogP) is 2.69. The van der Waals surface area contributed by atoms with Gasteiger partial charge in [-0.1, -0.05) is 13.8 Å². The van der Waals surface area contributed by atoms with Crippen LogP contribution in [0.4, 0.5) is 4.79 Å². The largest absolute Gasteiger partial charge is 0.498 e. The quantitative estimate of drug-likeness (QED) is 0.589. The summed E-state index contributed by atoms with van der Waals surface area (Å²) in [6.07, 6.45) is 4.00. The number of piperidine rings is 1. The van der Waals surface area contributed by atoms with Crippen LogP contribution in [0.2, 0.25) is 0 Å². The van der Waals surface area contributed by atoms with Crippen LogP contribution in [0, 0.1) is 5.92 Å². The minimum Gasteiger partial charge on any atom is -0.458 e. The number of hydrogen-bond acceptors (Lipinski definition) is 8. The molecular weight excluding hydrogens is 463 g/mol. The fraction of sp³-hybridized carbons (Fsp3) is 0.760. The Labute approximate surface area is 215 Å². The monoisotopic (exact) mass is 504 g/mol. The average molecular weight is 504 g/mol. The highest BCUT2D eigenvalue weighted by Gasteiger charge is 2.52. The molecule has 10 nitrogen and oxygen atoms in total. The first-order valence-electron chi connectivity index (χ1n) is 12.7. The Bertz CT molecular complexity index is 915. The predicted molar refractivity (Wildman–Crippen MR) is 136 cm³/mol. The summed E-state index contributed by atoms with van der Waals surface area (Å²) in [5.74, 6) is -0.252. The number of carbonyl (C=O) groups is 2. The van der Waals surface area contributed by atoms with Gasteiger partial charge in [0.2, 0.25) is 5.91 Å². The van der Waals surface area contributed by atoms with Crippen molar-refractivity contribution in [3.63, 3.8) is 0 Å². The van der Waals surface area contributed by atoms with Crippen LogP contribution in [0.3, 0.4) is 0 Å². The first kappa shape index (κ1) is 28.2. The van der Waals surface area contributed by atoms with Crippen molar-refractivity contribution in [2.24, 2.45) is 5.92 Å². The van der Waals surface area contributed by atoms with Crippen LogP contribution in [-0.4, -0.2) is 76.0 Å². The molecule has 2 saturated heterocycles. The highest BCUT2D eigenvalue weighted by Crippen LogP contribution is 2.36. The summed E-state index contributed by atoms with van der Waals surface area (Å²) in [4.78, 5) is 36.0. The summed E-state index contributed by atoms with van der Waals surface area (Å²) in [5, 5.41) is 2.74. The average Bonchev–Trinajstić information content (AvgIpc) is 2.98. The van der Waals surface area contributed by atoms with Crippen LogP contribution >= 0.6 is 0 Å². The lowest BCUT2D eigenvalue weighted by atomic mass is 9.81. The maximum absolute atomic E-state index is 13.3. The molecule has 36 heavy (non-hydrogen) atoms. The molecule has 2 aliphatic rings. The molecule has 3 heterocycles. The van der Waals surface area contributed by atoms with Gasteiger partial charge in [0.25, 0.3) is 0 Å². The third kappa shape index (κ3) is 6.88. The van der Waals surface area contributed by atoms with E-state index in [1.54, 1.807) is 38.1 Å². The van der Waals surface area contributed by atoms with Crippen LogP contribution in [0.25, 0.3) is 0 Å². The number of carbonyl (C=O) groups excluding carboxylic acids is 2. The SMILES string of the molecule is CC(C)[C@@H](NC(=O)OC(C)(C)C)C(=O)N1CCC[C@@H](Oc2ncc(B3OC(C)(C)C(C)(C)O3)cn2)C1. The minimum absolute atomic E-state index is 0.0998. The van der Waals surface area contributed by atoms with Crippen LogP contribution in [0.5, 0.6) is 6.01 Å². The van der Waals surface area contributed by atoms with E-state index < -0.39 is 36.1 Å². The number of alkyl carbamates (subject to hydrolysis) is 1. The summed E-state index contributed by atoms with van der Waals surface area (Å²) >= 11 is 0. The van der Waals surface area contributed by atoms with Gasteiger partial charge in [-0.2, -0.15) is 0 Å². The molecule has 0 aliphatic carbocycles. The van der Waals surface area contributed by atoms with Crippen molar-refractivity contribution >= 4 is 24.6 Å². The van der Waals surface area contributed by atoms with Crippen molar-refractivity contribution in [1.82, 2.24) is 20.2 Å². The maximum Gasteiger partial charge on any atom is 0.498 e. The fourth-order valence-electron chi connectivity index (χ4n) is 4.02. The van der Waals surface area contributed by atoms with Gasteiger partial charge >= 0.3 is 19.2 Å². The Hall–Kier alpha value is -2.40. The third-order valence-corrected chi connectivity index (χ3v) is 6.74. The molecule has 2 fully saturated rings. The lowest BCUT2D eigenvalue weighted by molar-refractivity contribution is -0.137. The highest BCUT2D eigenvalue weighted by atomic mass is 16.7. The Morgan fingerprint density at radius 2 is 1.72 bits per heavy atom. The Morgan fingerprint density at radius 3 is 2.25 bits per heavy atom. The standard InChI is InChI=1S/C25H41BN4O6/c1-16(2)19(29-22(32)34-23(3,4)5)20(31)30-12-10-11-18(15-30)33-21-27-13-17(14-28-21)26-35-24(6,7)25(8,9)36-26/h13-14,16,18-19H,10-12,15H2,1-9H3,(H,29,32)/t18-,19-/m1/s1. The van der Waals surface area contributed by atoms with E-state index in [-0.39, 0.29) is 23.9 Å².